The molecule has 2 fully saturated rings. The second-order valence-corrected chi connectivity index (χ2v) is 9.34. The van der Waals surface area contributed by atoms with Gasteiger partial charge in [-0.2, -0.15) is 0 Å². The van der Waals surface area contributed by atoms with E-state index in [4.69, 9.17) is 11.6 Å². The molecule has 5 rings (SSSR count). The van der Waals surface area contributed by atoms with Gasteiger partial charge in [0.25, 0.3) is 5.91 Å². The lowest BCUT2D eigenvalue weighted by Gasteiger charge is -2.35. The van der Waals surface area contributed by atoms with E-state index < -0.39 is 48.8 Å². The standard InChI is InChI=1S/C27H31FN4O4/c1-16-12-31(13-17(2)36-16)14-18-6-7-19(22(28)10-18)11-29-23-5-3-4-20-21(23)15-32(27(20)35)24-8-9-25(33)30-26(24)34/h3-7,10,16-17,24,29H,8-9,11-15H2,1-2H3,(H,30,33,34)/i8D2,9D2,24D. The third kappa shape index (κ3) is 4.99. The molecule has 2 aromatic rings. The van der Waals surface area contributed by atoms with Gasteiger partial charge >= 0.3 is 0 Å². The summed E-state index contributed by atoms with van der Waals surface area (Å²) in [5.74, 6) is -4.20. The molecule has 3 amide bonds. The van der Waals surface area contributed by atoms with E-state index in [2.05, 4.69) is 10.2 Å². The van der Waals surface area contributed by atoms with Crippen LogP contribution in [0.2, 0.25) is 0 Å². The van der Waals surface area contributed by atoms with Gasteiger partial charge in [-0.05, 0) is 44.0 Å². The van der Waals surface area contributed by atoms with Crippen molar-refractivity contribution >= 4 is 23.4 Å². The van der Waals surface area contributed by atoms with Crippen molar-refractivity contribution in [3.8, 4) is 0 Å². The number of rotatable bonds is 6. The molecule has 0 spiro atoms. The Labute approximate surface area is 216 Å². The Bertz CT molecular complexity index is 1420. The van der Waals surface area contributed by atoms with Gasteiger partial charge in [0.05, 0.1) is 13.6 Å². The lowest BCUT2D eigenvalue weighted by atomic mass is 10.0. The summed E-state index contributed by atoms with van der Waals surface area (Å²) in [4.78, 5) is 40.9. The molecule has 3 aliphatic rings. The Kier molecular flexibility index (Phi) is 5.24. The fourth-order valence-electron chi connectivity index (χ4n) is 4.93. The second kappa shape index (κ2) is 9.99. The van der Waals surface area contributed by atoms with Crippen LogP contribution in [0.4, 0.5) is 10.1 Å². The fourth-order valence-corrected chi connectivity index (χ4v) is 4.93. The van der Waals surface area contributed by atoms with Gasteiger partial charge < -0.3 is 15.0 Å². The van der Waals surface area contributed by atoms with Crippen molar-refractivity contribution in [1.82, 2.24) is 15.1 Å². The van der Waals surface area contributed by atoms with E-state index in [1.807, 2.05) is 19.9 Å². The van der Waals surface area contributed by atoms with Crippen molar-refractivity contribution in [1.29, 1.82) is 0 Å². The molecule has 3 aliphatic heterocycles. The van der Waals surface area contributed by atoms with Crippen LogP contribution in [-0.4, -0.2) is 58.8 Å². The molecule has 190 valence electrons. The Balaban J connectivity index is 1.33. The van der Waals surface area contributed by atoms with Crippen molar-refractivity contribution in [3.05, 3.63) is 64.5 Å². The van der Waals surface area contributed by atoms with E-state index in [1.54, 1.807) is 23.5 Å². The van der Waals surface area contributed by atoms with E-state index in [0.717, 1.165) is 18.7 Å². The maximum atomic E-state index is 15.1. The average Bonchev–Trinajstić information content (AvgIpc) is 3.23. The molecule has 0 aliphatic carbocycles. The van der Waals surface area contributed by atoms with Crippen LogP contribution in [0.1, 0.15) is 60.5 Å². The molecule has 3 atom stereocenters. The Morgan fingerprint density at radius 3 is 2.72 bits per heavy atom. The molecule has 3 heterocycles. The van der Waals surface area contributed by atoms with E-state index >= 15 is 4.39 Å². The number of imide groups is 1. The Hall–Kier alpha value is -3.30. The number of carbonyl (C=O) groups is 3. The number of hydrogen-bond acceptors (Lipinski definition) is 6. The number of ether oxygens (including phenoxy) is 1. The van der Waals surface area contributed by atoms with Crippen molar-refractivity contribution in [2.45, 2.75) is 64.5 Å². The SMILES string of the molecule is [2H]C1([2H])C(=O)NC(=O)C([2H])(N2Cc3c(NCc4ccc(CN5CC(C)OC(C)C5)cc4F)cccc3C2=O)C1([2H])[2H]. The summed E-state index contributed by atoms with van der Waals surface area (Å²) in [5, 5.41) is 4.80. The first-order valence-electron chi connectivity index (χ1n) is 14.4. The number of fused-ring (bicyclic) bond motifs is 1. The molecule has 9 heteroatoms. The van der Waals surface area contributed by atoms with Gasteiger partial charge in [0.1, 0.15) is 11.8 Å². The summed E-state index contributed by atoms with van der Waals surface area (Å²) in [6.07, 6.45) is -6.40. The van der Waals surface area contributed by atoms with Crippen molar-refractivity contribution < 1.29 is 30.4 Å². The van der Waals surface area contributed by atoms with E-state index in [-0.39, 0.29) is 24.3 Å². The number of piperidine rings is 1. The zero-order valence-electron chi connectivity index (χ0n) is 25.1. The minimum Gasteiger partial charge on any atom is -0.381 e. The highest BCUT2D eigenvalue weighted by Gasteiger charge is 2.39. The first-order valence-corrected chi connectivity index (χ1v) is 11.9. The summed E-state index contributed by atoms with van der Waals surface area (Å²) < 4.78 is 61.9. The topological polar surface area (TPSA) is 91.0 Å². The van der Waals surface area contributed by atoms with E-state index in [1.165, 1.54) is 12.1 Å². The lowest BCUT2D eigenvalue weighted by molar-refractivity contribution is -0.136. The summed E-state index contributed by atoms with van der Waals surface area (Å²) in [6.45, 7) is 5.79. The summed E-state index contributed by atoms with van der Waals surface area (Å²) in [7, 11) is 0. The van der Waals surface area contributed by atoms with Gasteiger partial charge in [-0.15, -0.1) is 0 Å². The predicted molar refractivity (Wildman–Crippen MR) is 131 cm³/mol. The normalized spacial score (nSPS) is 31.5. The molecule has 0 aromatic heterocycles. The van der Waals surface area contributed by atoms with Crippen LogP contribution < -0.4 is 10.6 Å². The number of amides is 3. The van der Waals surface area contributed by atoms with Crippen molar-refractivity contribution in [3.63, 3.8) is 0 Å². The molecule has 2 N–H and O–H groups in total. The van der Waals surface area contributed by atoms with E-state index in [9.17, 15) is 14.4 Å². The molecule has 3 unspecified atom stereocenters. The smallest absolute Gasteiger partial charge is 0.255 e. The third-order valence-electron chi connectivity index (χ3n) is 6.46. The molecule has 2 saturated heterocycles. The zero-order chi connectivity index (χ0) is 29.9. The maximum Gasteiger partial charge on any atom is 0.255 e. The quantitative estimate of drug-likeness (QED) is 0.594. The molecule has 8 nitrogen and oxygen atoms in total. The van der Waals surface area contributed by atoms with Gasteiger partial charge in [0.2, 0.25) is 11.8 Å². The maximum absolute atomic E-state index is 15.1. The third-order valence-corrected chi connectivity index (χ3v) is 6.46. The van der Waals surface area contributed by atoms with Gasteiger partial charge in [0, 0.05) is 67.0 Å². The number of anilines is 1. The van der Waals surface area contributed by atoms with Gasteiger partial charge in [-0.3, -0.25) is 24.6 Å². The first kappa shape index (κ1) is 18.9. The number of morpholine rings is 1. The van der Waals surface area contributed by atoms with Crippen LogP contribution in [0.15, 0.2) is 36.4 Å². The molecular weight excluding hydrogens is 463 g/mol. The van der Waals surface area contributed by atoms with Crippen LogP contribution in [0, 0.1) is 5.82 Å². The van der Waals surface area contributed by atoms with Gasteiger partial charge in [0.15, 0.2) is 0 Å². The lowest BCUT2D eigenvalue weighted by Crippen LogP contribution is -2.52. The molecule has 0 saturated carbocycles. The van der Waals surface area contributed by atoms with Crippen LogP contribution in [0.3, 0.4) is 0 Å². The first-order chi connectivity index (χ1) is 19.2. The Morgan fingerprint density at radius 2 is 1.97 bits per heavy atom. The highest BCUT2D eigenvalue weighted by Crippen LogP contribution is 2.32. The number of benzene rings is 2. The minimum atomic E-state index is -3.35. The highest BCUT2D eigenvalue weighted by molar-refractivity contribution is 6.06. The van der Waals surface area contributed by atoms with Crippen LogP contribution in [-0.2, 0) is 34.0 Å². The summed E-state index contributed by atoms with van der Waals surface area (Å²) in [6, 6.07) is 6.62. The molecule has 36 heavy (non-hydrogen) atoms. The van der Waals surface area contributed by atoms with Crippen LogP contribution in [0.25, 0.3) is 0 Å². The highest BCUT2D eigenvalue weighted by atomic mass is 19.1. The molecular formula is C27H31FN4O4. The van der Waals surface area contributed by atoms with Gasteiger partial charge in [-0.1, -0.05) is 18.2 Å². The summed E-state index contributed by atoms with van der Waals surface area (Å²) in [5.41, 5.74) is 2.05. The van der Waals surface area contributed by atoms with Crippen molar-refractivity contribution in [2.24, 2.45) is 0 Å². The van der Waals surface area contributed by atoms with Crippen LogP contribution in [0.5, 0.6) is 0 Å². The zero-order valence-corrected chi connectivity index (χ0v) is 20.1. The van der Waals surface area contributed by atoms with E-state index in [0.29, 0.717) is 28.3 Å². The van der Waals surface area contributed by atoms with Crippen molar-refractivity contribution in [2.75, 3.05) is 18.4 Å². The molecule has 0 bridgehead atoms. The monoisotopic (exact) mass is 499 g/mol. The predicted octanol–water partition coefficient (Wildman–Crippen LogP) is 2.81. The second-order valence-electron chi connectivity index (χ2n) is 9.34. The van der Waals surface area contributed by atoms with Gasteiger partial charge in [-0.25, -0.2) is 4.39 Å². The largest absolute Gasteiger partial charge is 0.381 e. The number of carbonyl (C=O) groups excluding carboxylic acids is 3. The minimum absolute atomic E-state index is 0.0623. The number of nitrogens with one attached hydrogen (secondary N) is 2. The molecule has 0 radical (unpaired) electrons. The fraction of sp³-hybridized carbons (Fsp3) is 0.444. The Morgan fingerprint density at radius 1 is 1.19 bits per heavy atom. The number of halogens is 1. The summed E-state index contributed by atoms with van der Waals surface area (Å²) >= 11 is 0. The van der Waals surface area contributed by atoms with Crippen LogP contribution >= 0.6 is 0 Å². The number of hydrogen-bond donors (Lipinski definition) is 2. The average molecular weight is 500 g/mol. The number of nitrogens with zero attached hydrogens (tertiary/aromatic N) is 2. The molecule has 2 aromatic carbocycles.